The summed E-state index contributed by atoms with van der Waals surface area (Å²) in [5.41, 5.74) is 3.23. The second kappa shape index (κ2) is 9.18. The highest BCUT2D eigenvalue weighted by molar-refractivity contribution is 4.93. The molecule has 6 nitrogen and oxygen atoms in total. The Morgan fingerprint density at radius 1 is 1.07 bits per heavy atom. The van der Waals surface area contributed by atoms with Crippen molar-refractivity contribution in [3.63, 3.8) is 0 Å². The summed E-state index contributed by atoms with van der Waals surface area (Å²) in [6.07, 6.45) is 4.12. The first-order valence-corrected chi connectivity index (χ1v) is 11.1. The van der Waals surface area contributed by atoms with Crippen LogP contribution in [-0.4, -0.2) is 80.5 Å². The summed E-state index contributed by atoms with van der Waals surface area (Å²) in [4.78, 5) is 10.6. The van der Waals surface area contributed by atoms with Crippen molar-refractivity contribution in [1.29, 1.82) is 0 Å². The van der Waals surface area contributed by atoms with E-state index < -0.39 is 12.3 Å². The molecule has 1 aliphatic carbocycles. The van der Waals surface area contributed by atoms with E-state index in [-0.39, 0.29) is 18.3 Å². The zero-order valence-corrected chi connectivity index (χ0v) is 17.2. The van der Waals surface area contributed by atoms with E-state index in [1.54, 1.807) is 0 Å². The Morgan fingerprint density at radius 3 is 2.64 bits per heavy atom. The van der Waals surface area contributed by atoms with Crippen LogP contribution in [0.1, 0.15) is 44.9 Å². The van der Waals surface area contributed by atoms with E-state index in [2.05, 4.69) is 40.0 Å². The van der Waals surface area contributed by atoms with Crippen LogP contribution in [0.25, 0.3) is 0 Å². The van der Waals surface area contributed by atoms with Crippen molar-refractivity contribution >= 4 is 0 Å². The zero-order chi connectivity index (χ0) is 19.7. The summed E-state index contributed by atoms with van der Waals surface area (Å²) in [7, 11) is 4.23. The van der Waals surface area contributed by atoms with Crippen LogP contribution in [0.4, 0.5) is 8.78 Å². The van der Waals surface area contributed by atoms with Gasteiger partial charge in [-0.3, -0.25) is 20.0 Å². The zero-order valence-electron chi connectivity index (χ0n) is 17.2. The van der Waals surface area contributed by atoms with Gasteiger partial charge in [-0.05, 0) is 71.5 Å². The summed E-state index contributed by atoms with van der Waals surface area (Å²) in [5, 5.41) is 7.28. The average Bonchev–Trinajstić information content (AvgIpc) is 3.34. The first kappa shape index (κ1) is 20.9. The molecule has 3 heterocycles. The maximum Gasteiger partial charge on any atom is 0.146 e. The fourth-order valence-corrected chi connectivity index (χ4v) is 5.48. The molecule has 0 aromatic rings. The van der Waals surface area contributed by atoms with Crippen LogP contribution in [0.15, 0.2) is 0 Å². The third kappa shape index (κ3) is 4.68. The van der Waals surface area contributed by atoms with Crippen molar-refractivity contribution in [2.75, 3.05) is 33.7 Å². The number of piperidine rings is 1. The topological polar surface area (TPSA) is 51.8 Å². The number of likely N-dealkylation sites (tertiary alicyclic amines) is 1. The molecule has 0 aromatic heterocycles. The van der Waals surface area contributed by atoms with Gasteiger partial charge < -0.3 is 5.32 Å². The molecule has 3 saturated heterocycles. The quantitative estimate of drug-likeness (QED) is 0.651. The highest BCUT2D eigenvalue weighted by Crippen LogP contribution is 2.32. The van der Waals surface area contributed by atoms with Gasteiger partial charge in [0.1, 0.15) is 18.6 Å². The smallest absolute Gasteiger partial charge is 0.146 e. The van der Waals surface area contributed by atoms with Crippen LogP contribution >= 0.6 is 0 Å². The van der Waals surface area contributed by atoms with Crippen molar-refractivity contribution in [2.45, 2.75) is 81.9 Å². The van der Waals surface area contributed by atoms with Crippen molar-refractivity contribution in [3.8, 4) is 0 Å². The number of nitrogens with one attached hydrogen (secondary N) is 3. The predicted molar refractivity (Wildman–Crippen MR) is 105 cm³/mol. The van der Waals surface area contributed by atoms with E-state index in [0.717, 1.165) is 51.7 Å². The van der Waals surface area contributed by atoms with E-state index >= 15 is 0 Å². The lowest BCUT2D eigenvalue weighted by molar-refractivity contribution is -0.0295. The standard InChI is InChI=1S/C20H37F2N5O/c1-26(2)18-8-6-14(11-23-18)19-24-20(28-25-19)17-4-3-9-27(17)12-13-5-7-15(21)16(22)10-13/h13-20,23-25H,3-12H2,1-2H3. The lowest BCUT2D eigenvalue weighted by atomic mass is 9.86. The summed E-state index contributed by atoms with van der Waals surface area (Å²) in [6.45, 7) is 2.86. The monoisotopic (exact) mass is 401 g/mol. The van der Waals surface area contributed by atoms with Gasteiger partial charge in [0.05, 0.1) is 18.4 Å². The van der Waals surface area contributed by atoms with E-state index in [9.17, 15) is 8.78 Å². The number of hydrogen-bond donors (Lipinski definition) is 3. The molecule has 0 amide bonds. The molecule has 4 aliphatic rings. The molecule has 4 rings (SSSR count). The molecule has 4 fully saturated rings. The van der Waals surface area contributed by atoms with Gasteiger partial charge in [0.25, 0.3) is 0 Å². The van der Waals surface area contributed by atoms with Gasteiger partial charge in [-0.15, -0.1) is 0 Å². The Hall–Kier alpha value is -0.380. The Morgan fingerprint density at radius 2 is 1.93 bits per heavy atom. The van der Waals surface area contributed by atoms with Crippen LogP contribution in [0.3, 0.4) is 0 Å². The maximum atomic E-state index is 13.8. The number of hydrogen-bond acceptors (Lipinski definition) is 6. The number of hydroxylamine groups is 1. The molecule has 8 atom stereocenters. The number of nitrogens with zero attached hydrogens (tertiary/aromatic N) is 2. The van der Waals surface area contributed by atoms with Crippen LogP contribution in [0.2, 0.25) is 0 Å². The van der Waals surface area contributed by atoms with Gasteiger partial charge in [0, 0.05) is 19.0 Å². The third-order valence-electron chi connectivity index (χ3n) is 7.25. The van der Waals surface area contributed by atoms with E-state index in [4.69, 9.17) is 4.84 Å². The first-order valence-electron chi connectivity index (χ1n) is 11.1. The van der Waals surface area contributed by atoms with Crippen molar-refractivity contribution in [2.24, 2.45) is 11.8 Å². The van der Waals surface area contributed by atoms with Gasteiger partial charge in [0.15, 0.2) is 0 Å². The summed E-state index contributed by atoms with van der Waals surface area (Å²) >= 11 is 0. The van der Waals surface area contributed by atoms with Crippen LogP contribution in [0.5, 0.6) is 0 Å². The molecule has 1 saturated carbocycles. The Labute approximate surface area is 167 Å². The molecule has 3 aliphatic heterocycles. The Bertz CT molecular complexity index is 505. The lowest BCUT2D eigenvalue weighted by Gasteiger charge is -2.36. The van der Waals surface area contributed by atoms with Gasteiger partial charge in [-0.2, -0.15) is 5.48 Å². The van der Waals surface area contributed by atoms with E-state index in [1.165, 1.54) is 0 Å². The largest absolute Gasteiger partial charge is 0.301 e. The first-order chi connectivity index (χ1) is 13.5. The average molecular weight is 402 g/mol. The number of alkyl halides is 2. The van der Waals surface area contributed by atoms with Crippen molar-refractivity contribution in [1.82, 2.24) is 25.9 Å². The second-order valence-corrected chi connectivity index (χ2v) is 9.44. The van der Waals surface area contributed by atoms with Gasteiger partial charge in [-0.25, -0.2) is 8.78 Å². The van der Waals surface area contributed by atoms with Gasteiger partial charge in [0.2, 0.25) is 0 Å². The molecule has 28 heavy (non-hydrogen) atoms. The molecule has 162 valence electrons. The van der Waals surface area contributed by atoms with E-state index in [1.807, 2.05) is 0 Å². The minimum Gasteiger partial charge on any atom is -0.301 e. The molecular weight excluding hydrogens is 364 g/mol. The molecular formula is C20H37F2N5O. The van der Waals surface area contributed by atoms with Crippen LogP contribution in [0, 0.1) is 11.8 Å². The summed E-state index contributed by atoms with van der Waals surface area (Å²) in [6, 6.07) is 0.310. The third-order valence-corrected chi connectivity index (χ3v) is 7.25. The fourth-order valence-electron chi connectivity index (χ4n) is 5.48. The Balaban J connectivity index is 1.26. The molecule has 8 unspecified atom stereocenters. The SMILES string of the molecule is CN(C)C1CCC(C2NOC(C3CCCN3CC3CCC(F)C(F)C3)N2)CN1. The highest BCUT2D eigenvalue weighted by atomic mass is 19.2. The van der Waals surface area contributed by atoms with E-state index in [0.29, 0.717) is 31.0 Å². The molecule has 3 N–H and O–H groups in total. The number of rotatable bonds is 5. The number of halogens is 2. The highest BCUT2D eigenvalue weighted by Gasteiger charge is 2.42. The summed E-state index contributed by atoms with van der Waals surface area (Å²) < 4.78 is 27.2. The molecule has 0 bridgehead atoms. The van der Waals surface area contributed by atoms with Crippen LogP contribution in [-0.2, 0) is 4.84 Å². The summed E-state index contributed by atoms with van der Waals surface area (Å²) in [5.74, 6) is 0.765. The van der Waals surface area contributed by atoms with Crippen LogP contribution < -0.4 is 16.1 Å². The normalized spacial score (nSPS) is 45.8. The minimum absolute atomic E-state index is 0.0299. The second-order valence-electron chi connectivity index (χ2n) is 9.44. The van der Waals surface area contributed by atoms with Crippen molar-refractivity contribution in [3.05, 3.63) is 0 Å². The lowest BCUT2D eigenvalue weighted by Crippen LogP contribution is -2.54. The van der Waals surface area contributed by atoms with Crippen molar-refractivity contribution < 1.29 is 13.6 Å². The fraction of sp³-hybridized carbons (Fsp3) is 1.00. The molecule has 8 heteroatoms. The molecule has 0 aromatic carbocycles. The maximum absolute atomic E-state index is 13.8. The molecule has 0 radical (unpaired) electrons. The minimum atomic E-state index is -1.28. The predicted octanol–water partition coefficient (Wildman–Crippen LogP) is 1.59. The van der Waals surface area contributed by atoms with Gasteiger partial charge >= 0.3 is 0 Å². The molecule has 0 spiro atoms. The van der Waals surface area contributed by atoms with Gasteiger partial charge in [-0.1, -0.05) is 0 Å². The Kier molecular flexibility index (Phi) is 6.85.